The summed E-state index contributed by atoms with van der Waals surface area (Å²) >= 11 is 1.90. The highest BCUT2D eigenvalue weighted by Gasteiger charge is 2.48. The lowest BCUT2D eigenvalue weighted by atomic mass is 9.80. The minimum absolute atomic E-state index is 0.0346. The average molecular weight is 673 g/mol. The maximum absolute atomic E-state index is 15.4. The summed E-state index contributed by atoms with van der Waals surface area (Å²) in [6, 6.07) is 24.5. The van der Waals surface area contributed by atoms with Gasteiger partial charge in [-0.3, -0.25) is 4.57 Å². The molecule has 1 fully saturated rings. The molecule has 1 aromatic heterocycles. The summed E-state index contributed by atoms with van der Waals surface area (Å²) < 4.78 is 40.3. The van der Waals surface area contributed by atoms with Crippen LogP contribution in [0.5, 0.6) is 11.5 Å². The normalized spacial score (nSPS) is 20.6. The van der Waals surface area contributed by atoms with Crippen molar-refractivity contribution in [2.75, 3.05) is 26.6 Å². The van der Waals surface area contributed by atoms with Crippen molar-refractivity contribution in [1.29, 1.82) is 0 Å². The van der Waals surface area contributed by atoms with E-state index < -0.39 is 35.9 Å². The molecule has 1 aliphatic rings. The van der Waals surface area contributed by atoms with Gasteiger partial charge in [0, 0.05) is 6.20 Å². The van der Waals surface area contributed by atoms with Crippen molar-refractivity contribution in [3.8, 4) is 11.5 Å². The first-order chi connectivity index (χ1) is 19.8. The van der Waals surface area contributed by atoms with Crippen LogP contribution in [-0.4, -0.2) is 53.9 Å². The average Bonchev–Trinajstić information content (AvgIpc) is 3.29. The molecule has 1 saturated heterocycles. The number of anilines is 1. The third-order valence-corrected chi connectivity index (χ3v) is 7.97. The molecule has 5 rings (SSSR count). The van der Waals surface area contributed by atoms with Gasteiger partial charge in [-0.05, 0) is 63.5 Å². The number of aliphatic hydroxyl groups is 1. The van der Waals surface area contributed by atoms with Crippen LogP contribution in [-0.2, 0) is 15.1 Å². The monoisotopic (exact) mass is 673 g/mol. The second kappa shape index (κ2) is 12.1. The quantitative estimate of drug-likeness (QED) is 0.202. The molecule has 0 spiro atoms. The largest absolute Gasteiger partial charge is 0.497 e. The molecule has 0 aliphatic carbocycles. The van der Waals surface area contributed by atoms with Crippen molar-refractivity contribution in [3.05, 3.63) is 116 Å². The predicted octanol–water partition coefficient (Wildman–Crippen LogP) is 4.05. The van der Waals surface area contributed by atoms with E-state index in [1.54, 1.807) is 14.2 Å². The first kappa shape index (κ1) is 29.0. The lowest BCUT2D eigenvalue weighted by Crippen LogP contribution is -2.39. The summed E-state index contributed by atoms with van der Waals surface area (Å²) in [5.74, 6) is 1.37. The zero-order valence-electron chi connectivity index (χ0n) is 22.3. The van der Waals surface area contributed by atoms with Crippen LogP contribution >= 0.6 is 22.6 Å². The third-order valence-electron chi connectivity index (χ3n) is 7.14. The van der Waals surface area contributed by atoms with Gasteiger partial charge in [-0.2, -0.15) is 4.98 Å². The minimum Gasteiger partial charge on any atom is -0.497 e. The van der Waals surface area contributed by atoms with Gasteiger partial charge < -0.3 is 29.8 Å². The van der Waals surface area contributed by atoms with Crippen LogP contribution in [0, 0.1) is 3.57 Å². The Morgan fingerprint density at radius 2 is 1.51 bits per heavy atom. The van der Waals surface area contributed by atoms with Crippen LogP contribution < -0.4 is 20.9 Å². The molecule has 0 radical (unpaired) electrons. The van der Waals surface area contributed by atoms with Gasteiger partial charge >= 0.3 is 5.69 Å². The maximum atomic E-state index is 15.4. The molecule has 3 N–H and O–H groups in total. The number of rotatable bonds is 9. The third kappa shape index (κ3) is 5.54. The SMILES string of the molecule is COc1ccc(C(OC[C@H]2O[C@@H](n3cc(I)c(N)nc3=O)C(F)C2O)(c2ccccc2)c2ccc(OC)cc2)cc1. The van der Waals surface area contributed by atoms with E-state index in [9.17, 15) is 9.90 Å². The van der Waals surface area contributed by atoms with Crippen LogP contribution in [0.4, 0.5) is 10.2 Å². The van der Waals surface area contributed by atoms with E-state index in [-0.39, 0.29) is 12.4 Å². The van der Waals surface area contributed by atoms with E-state index in [1.807, 2.05) is 101 Å². The number of alkyl halides is 1. The second-order valence-corrected chi connectivity index (χ2v) is 10.6. The highest BCUT2D eigenvalue weighted by molar-refractivity contribution is 14.1. The second-order valence-electron chi connectivity index (χ2n) is 9.48. The van der Waals surface area contributed by atoms with Crippen LogP contribution in [0.25, 0.3) is 0 Å². The number of aliphatic hydroxyl groups excluding tert-OH is 1. The number of methoxy groups -OCH3 is 2. The number of nitrogens with zero attached hydrogens (tertiary/aromatic N) is 2. The molecule has 41 heavy (non-hydrogen) atoms. The number of benzene rings is 3. The lowest BCUT2D eigenvalue weighted by molar-refractivity contribution is -0.0950. The van der Waals surface area contributed by atoms with Gasteiger partial charge in [-0.1, -0.05) is 54.6 Å². The molecular formula is C30H29FIN3O6. The molecule has 1 aliphatic heterocycles. The number of halogens is 2. The van der Waals surface area contributed by atoms with Crippen molar-refractivity contribution in [3.63, 3.8) is 0 Å². The Kier molecular flexibility index (Phi) is 8.59. The highest BCUT2D eigenvalue weighted by atomic mass is 127. The highest BCUT2D eigenvalue weighted by Crippen LogP contribution is 2.43. The van der Waals surface area contributed by atoms with Gasteiger partial charge in [-0.15, -0.1) is 0 Å². The lowest BCUT2D eigenvalue weighted by Gasteiger charge is -2.37. The number of aromatic nitrogens is 2. The standard InChI is InChI=1S/C30H29FIN3O6/c1-38-21-12-8-19(9-13-21)30(18-6-4-3-5-7-18,20-10-14-22(39-2)15-11-20)40-17-24-26(36)25(31)28(41-24)35-16-23(32)27(33)34-29(35)37/h3-16,24-26,28,36H,17H2,1-2H3,(H2,33,34,37)/t24-,25?,26?,28-/m1/s1. The molecule has 4 aromatic rings. The summed E-state index contributed by atoms with van der Waals surface area (Å²) in [7, 11) is 3.18. The molecule has 11 heteroatoms. The van der Waals surface area contributed by atoms with E-state index in [4.69, 9.17) is 24.7 Å². The molecular weight excluding hydrogens is 644 g/mol. The molecule has 214 valence electrons. The molecule has 0 saturated carbocycles. The van der Waals surface area contributed by atoms with Crippen LogP contribution in [0.3, 0.4) is 0 Å². The Labute approximate surface area is 249 Å². The van der Waals surface area contributed by atoms with Gasteiger partial charge in [-0.25, -0.2) is 9.18 Å². The smallest absolute Gasteiger partial charge is 0.351 e. The fourth-order valence-corrected chi connectivity index (χ4v) is 5.41. The number of ether oxygens (including phenoxy) is 4. The summed E-state index contributed by atoms with van der Waals surface area (Å²) in [6.07, 6.45) is -4.61. The number of hydrogen-bond acceptors (Lipinski definition) is 8. The van der Waals surface area contributed by atoms with Crippen molar-refractivity contribution >= 4 is 28.4 Å². The van der Waals surface area contributed by atoms with Gasteiger partial charge in [0.2, 0.25) is 0 Å². The van der Waals surface area contributed by atoms with Gasteiger partial charge in [0.15, 0.2) is 12.4 Å². The molecule has 4 atom stereocenters. The number of nitrogens with two attached hydrogens (primary N) is 1. The predicted molar refractivity (Wildman–Crippen MR) is 159 cm³/mol. The van der Waals surface area contributed by atoms with Crippen LogP contribution in [0.2, 0.25) is 0 Å². The summed E-state index contributed by atoms with van der Waals surface area (Å²) in [6.45, 7) is -0.209. The zero-order valence-corrected chi connectivity index (χ0v) is 24.5. The molecule has 0 bridgehead atoms. The number of hydrogen-bond donors (Lipinski definition) is 2. The summed E-state index contributed by atoms with van der Waals surface area (Å²) in [5.41, 5.74) is 6.08. The van der Waals surface area contributed by atoms with E-state index in [1.165, 1.54) is 6.20 Å². The first-order valence-electron chi connectivity index (χ1n) is 12.8. The topological polar surface area (TPSA) is 118 Å². The van der Waals surface area contributed by atoms with E-state index in [2.05, 4.69) is 4.98 Å². The summed E-state index contributed by atoms with van der Waals surface area (Å²) in [4.78, 5) is 16.2. The van der Waals surface area contributed by atoms with E-state index >= 15 is 4.39 Å². The fraction of sp³-hybridized carbons (Fsp3) is 0.267. The first-order valence-corrected chi connectivity index (χ1v) is 13.9. The molecule has 9 nitrogen and oxygen atoms in total. The van der Waals surface area contributed by atoms with Gasteiger partial charge in [0.1, 0.15) is 35.1 Å². The van der Waals surface area contributed by atoms with Crippen molar-refractivity contribution < 1.29 is 28.4 Å². The Morgan fingerprint density at radius 3 is 2.05 bits per heavy atom. The Morgan fingerprint density at radius 1 is 0.976 bits per heavy atom. The van der Waals surface area contributed by atoms with Gasteiger partial charge in [0.05, 0.1) is 24.4 Å². The fourth-order valence-electron chi connectivity index (χ4n) is 4.99. The molecule has 2 unspecified atom stereocenters. The van der Waals surface area contributed by atoms with Crippen LogP contribution in [0.15, 0.2) is 89.9 Å². The maximum Gasteiger partial charge on any atom is 0.351 e. The minimum atomic E-state index is -1.91. The van der Waals surface area contributed by atoms with Crippen molar-refractivity contribution in [1.82, 2.24) is 9.55 Å². The molecule has 0 amide bonds. The van der Waals surface area contributed by atoms with Gasteiger partial charge in [0.25, 0.3) is 0 Å². The molecule has 2 heterocycles. The number of nitrogen functional groups attached to an aromatic ring is 1. The van der Waals surface area contributed by atoms with E-state index in [0.29, 0.717) is 15.1 Å². The van der Waals surface area contributed by atoms with Crippen molar-refractivity contribution in [2.24, 2.45) is 0 Å². The van der Waals surface area contributed by atoms with Crippen molar-refractivity contribution in [2.45, 2.75) is 30.2 Å². The Hall–Kier alpha value is -3.52. The zero-order chi connectivity index (χ0) is 29.1. The Balaban J connectivity index is 1.55. The van der Waals surface area contributed by atoms with E-state index in [0.717, 1.165) is 21.3 Å². The molecule has 3 aromatic carbocycles. The summed E-state index contributed by atoms with van der Waals surface area (Å²) in [5, 5.41) is 10.9. The van der Waals surface area contributed by atoms with Crippen LogP contribution in [0.1, 0.15) is 22.9 Å². The Bertz CT molecular complexity index is 1490.